The van der Waals surface area contributed by atoms with Crippen LogP contribution in [0.15, 0.2) is 83.3 Å². The summed E-state index contributed by atoms with van der Waals surface area (Å²) in [5, 5.41) is 4.99. The Morgan fingerprint density at radius 1 is 0.833 bits per heavy atom. The first-order chi connectivity index (χ1) is 11.8. The Kier molecular flexibility index (Phi) is 3.60. The van der Waals surface area contributed by atoms with Gasteiger partial charge < -0.3 is 9.73 Å². The van der Waals surface area contributed by atoms with Gasteiger partial charge in [0.1, 0.15) is 11.2 Å². The predicted molar refractivity (Wildman–Crippen MR) is 97.8 cm³/mol. The minimum Gasteiger partial charge on any atom is -0.456 e. The summed E-state index contributed by atoms with van der Waals surface area (Å²) >= 11 is 0. The SMILES string of the molecule is O=C(/C=C\c1ccccc1)Nc1ccc2c(c1)oc1ccccc12. The Labute approximate surface area is 139 Å². The molecule has 3 heteroatoms. The average molecular weight is 313 g/mol. The Hall–Kier alpha value is -3.33. The number of furan rings is 1. The molecule has 3 aromatic carbocycles. The molecule has 0 fully saturated rings. The van der Waals surface area contributed by atoms with Crippen molar-refractivity contribution in [3.8, 4) is 0 Å². The first-order valence-electron chi connectivity index (χ1n) is 7.75. The van der Waals surface area contributed by atoms with E-state index in [0.29, 0.717) is 5.69 Å². The molecule has 1 amide bonds. The molecule has 3 nitrogen and oxygen atoms in total. The maximum Gasteiger partial charge on any atom is 0.248 e. The molecule has 0 bridgehead atoms. The maximum atomic E-state index is 12.1. The predicted octanol–water partition coefficient (Wildman–Crippen LogP) is 5.24. The van der Waals surface area contributed by atoms with E-state index in [0.717, 1.165) is 27.5 Å². The van der Waals surface area contributed by atoms with Crippen LogP contribution in [0.3, 0.4) is 0 Å². The Morgan fingerprint density at radius 3 is 2.46 bits per heavy atom. The number of anilines is 1. The molecule has 0 aliphatic rings. The van der Waals surface area contributed by atoms with Crippen LogP contribution in [0.1, 0.15) is 5.56 Å². The van der Waals surface area contributed by atoms with Gasteiger partial charge in [-0.25, -0.2) is 0 Å². The number of amides is 1. The quantitative estimate of drug-likeness (QED) is 0.526. The second-order valence-corrected chi connectivity index (χ2v) is 5.54. The number of carbonyl (C=O) groups excluding carboxylic acids is 1. The normalized spacial score (nSPS) is 11.3. The molecule has 4 rings (SSSR count). The monoisotopic (exact) mass is 313 g/mol. The first-order valence-corrected chi connectivity index (χ1v) is 7.75. The standard InChI is InChI=1S/C21H15NO2/c23-21(13-10-15-6-2-1-3-7-15)22-16-11-12-18-17-8-4-5-9-19(17)24-20(18)14-16/h1-14H,(H,22,23)/b13-10-. The zero-order valence-electron chi connectivity index (χ0n) is 12.9. The van der Waals surface area contributed by atoms with Crippen molar-refractivity contribution in [1.29, 1.82) is 0 Å². The number of hydrogen-bond donors (Lipinski definition) is 1. The van der Waals surface area contributed by atoms with Crippen molar-refractivity contribution in [1.82, 2.24) is 0 Å². The van der Waals surface area contributed by atoms with Crippen LogP contribution >= 0.6 is 0 Å². The maximum absolute atomic E-state index is 12.1. The lowest BCUT2D eigenvalue weighted by Gasteiger charge is -2.01. The summed E-state index contributed by atoms with van der Waals surface area (Å²) in [6, 6.07) is 23.3. The second kappa shape index (κ2) is 6.05. The fraction of sp³-hybridized carbons (Fsp3) is 0. The number of para-hydroxylation sites is 1. The van der Waals surface area contributed by atoms with Gasteiger partial charge >= 0.3 is 0 Å². The van der Waals surface area contributed by atoms with E-state index in [1.54, 1.807) is 6.08 Å². The van der Waals surface area contributed by atoms with Crippen LogP contribution in [0.5, 0.6) is 0 Å². The highest BCUT2D eigenvalue weighted by Crippen LogP contribution is 2.30. The molecule has 0 saturated carbocycles. The topological polar surface area (TPSA) is 42.2 Å². The van der Waals surface area contributed by atoms with Gasteiger partial charge in [0.25, 0.3) is 0 Å². The third-order valence-electron chi connectivity index (χ3n) is 3.87. The van der Waals surface area contributed by atoms with E-state index >= 15 is 0 Å². The highest BCUT2D eigenvalue weighted by molar-refractivity contribution is 6.07. The van der Waals surface area contributed by atoms with Crippen molar-refractivity contribution in [2.24, 2.45) is 0 Å². The number of fused-ring (bicyclic) bond motifs is 3. The highest BCUT2D eigenvalue weighted by Gasteiger charge is 2.07. The number of carbonyl (C=O) groups is 1. The summed E-state index contributed by atoms with van der Waals surface area (Å²) in [4.78, 5) is 12.1. The zero-order valence-corrected chi connectivity index (χ0v) is 12.9. The Morgan fingerprint density at radius 2 is 1.58 bits per heavy atom. The third-order valence-corrected chi connectivity index (χ3v) is 3.87. The van der Waals surface area contributed by atoms with Crippen molar-refractivity contribution < 1.29 is 9.21 Å². The molecular weight excluding hydrogens is 298 g/mol. The molecule has 0 aliphatic carbocycles. The van der Waals surface area contributed by atoms with Gasteiger partial charge in [0, 0.05) is 28.6 Å². The molecule has 0 spiro atoms. The number of nitrogens with one attached hydrogen (secondary N) is 1. The fourth-order valence-corrected chi connectivity index (χ4v) is 2.72. The molecule has 0 saturated heterocycles. The van der Waals surface area contributed by atoms with Gasteiger partial charge in [-0.1, -0.05) is 48.5 Å². The zero-order chi connectivity index (χ0) is 16.4. The average Bonchev–Trinajstić information content (AvgIpc) is 2.98. The molecule has 24 heavy (non-hydrogen) atoms. The highest BCUT2D eigenvalue weighted by atomic mass is 16.3. The van der Waals surface area contributed by atoms with Gasteiger partial charge in [-0.05, 0) is 29.8 Å². The van der Waals surface area contributed by atoms with Crippen LogP contribution < -0.4 is 5.32 Å². The van der Waals surface area contributed by atoms with Gasteiger partial charge in [-0.3, -0.25) is 4.79 Å². The summed E-state index contributed by atoms with van der Waals surface area (Å²) in [6.45, 7) is 0. The lowest BCUT2D eigenvalue weighted by atomic mass is 10.1. The molecule has 0 unspecified atom stereocenters. The van der Waals surface area contributed by atoms with Gasteiger partial charge in [-0.15, -0.1) is 0 Å². The van der Waals surface area contributed by atoms with Gasteiger partial charge in [0.2, 0.25) is 5.91 Å². The van der Waals surface area contributed by atoms with Crippen molar-refractivity contribution in [2.45, 2.75) is 0 Å². The Bertz CT molecular complexity index is 1050. The van der Waals surface area contributed by atoms with Crippen molar-refractivity contribution in [2.75, 3.05) is 5.32 Å². The van der Waals surface area contributed by atoms with Gasteiger partial charge in [-0.2, -0.15) is 0 Å². The van der Waals surface area contributed by atoms with Crippen LogP contribution in [0.25, 0.3) is 28.0 Å². The number of benzene rings is 3. The lowest BCUT2D eigenvalue weighted by Crippen LogP contribution is -2.07. The van der Waals surface area contributed by atoms with E-state index in [4.69, 9.17) is 4.42 Å². The van der Waals surface area contributed by atoms with E-state index in [9.17, 15) is 4.79 Å². The third kappa shape index (κ3) is 2.79. The van der Waals surface area contributed by atoms with Crippen LogP contribution in [0.2, 0.25) is 0 Å². The summed E-state index contributed by atoms with van der Waals surface area (Å²) in [6.07, 6.45) is 3.31. The second-order valence-electron chi connectivity index (χ2n) is 5.54. The summed E-state index contributed by atoms with van der Waals surface area (Å²) in [7, 11) is 0. The fourth-order valence-electron chi connectivity index (χ4n) is 2.72. The van der Waals surface area contributed by atoms with E-state index in [1.165, 1.54) is 6.08 Å². The molecule has 1 aromatic heterocycles. The van der Waals surface area contributed by atoms with Crippen molar-refractivity contribution >= 4 is 39.6 Å². The molecule has 116 valence electrons. The summed E-state index contributed by atoms with van der Waals surface area (Å²) < 4.78 is 5.83. The molecule has 0 aliphatic heterocycles. The van der Waals surface area contributed by atoms with Gasteiger partial charge in [0.15, 0.2) is 0 Å². The molecule has 0 atom stereocenters. The number of rotatable bonds is 3. The largest absolute Gasteiger partial charge is 0.456 e. The summed E-state index contributed by atoms with van der Waals surface area (Å²) in [5.41, 5.74) is 3.31. The molecule has 1 heterocycles. The summed E-state index contributed by atoms with van der Waals surface area (Å²) in [5.74, 6) is -0.172. The molecule has 4 aromatic rings. The lowest BCUT2D eigenvalue weighted by molar-refractivity contribution is -0.111. The smallest absolute Gasteiger partial charge is 0.248 e. The van der Waals surface area contributed by atoms with E-state index in [2.05, 4.69) is 5.32 Å². The minimum absolute atomic E-state index is 0.172. The van der Waals surface area contributed by atoms with E-state index < -0.39 is 0 Å². The van der Waals surface area contributed by atoms with Crippen LogP contribution in [-0.4, -0.2) is 5.91 Å². The van der Waals surface area contributed by atoms with Crippen LogP contribution in [0, 0.1) is 0 Å². The molecule has 0 radical (unpaired) electrons. The minimum atomic E-state index is -0.172. The van der Waals surface area contributed by atoms with Crippen LogP contribution in [0.4, 0.5) is 5.69 Å². The Balaban J connectivity index is 1.57. The molecule has 1 N–H and O–H groups in total. The van der Waals surface area contributed by atoms with Gasteiger partial charge in [0.05, 0.1) is 0 Å². The van der Waals surface area contributed by atoms with Crippen LogP contribution in [-0.2, 0) is 4.79 Å². The first kappa shape index (κ1) is 14.3. The number of hydrogen-bond acceptors (Lipinski definition) is 2. The van der Waals surface area contributed by atoms with E-state index in [-0.39, 0.29) is 5.91 Å². The van der Waals surface area contributed by atoms with Crippen molar-refractivity contribution in [3.63, 3.8) is 0 Å². The van der Waals surface area contributed by atoms with Crippen molar-refractivity contribution in [3.05, 3.63) is 84.4 Å². The molecular formula is C21H15NO2. The van der Waals surface area contributed by atoms with E-state index in [1.807, 2.05) is 72.8 Å².